The van der Waals surface area contributed by atoms with Crippen LogP contribution in [0, 0.1) is 10.1 Å². The Morgan fingerprint density at radius 3 is 2.23 bits per heavy atom. The van der Waals surface area contributed by atoms with E-state index in [1.54, 1.807) is 18.2 Å². The van der Waals surface area contributed by atoms with Crippen molar-refractivity contribution in [3.05, 3.63) is 69.3 Å². The van der Waals surface area contributed by atoms with Crippen molar-refractivity contribution in [1.82, 2.24) is 0 Å². The van der Waals surface area contributed by atoms with E-state index >= 15 is 0 Å². The van der Waals surface area contributed by atoms with Crippen molar-refractivity contribution < 1.29 is 19.9 Å². The van der Waals surface area contributed by atoms with Gasteiger partial charge in [-0.1, -0.05) is 18.2 Å². The van der Waals surface area contributed by atoms with E-state index in [1.807, 2.05) is 0 Å². The molecule has 22 heavy (non-hydrogen) atoms. The van der Waals surface area contributed by atoms with Crippen LogP contribution in [-0.2, 0) is 12.8 Å². The normalized spacial score (nSPS) is 10.4. The maximum Gasteiger partial charge on any atom is 0.339 e. The monoisotopic (exact) mass is 301 g/mol. The van der Waals surface area contributed by atoms with Crippen LogP contribution in [0.3, 0.4) is 0 Å². The van der Waals surface area contributed by atoms with Crippen molar-refractivity contribution >= 4 is 11.7 Å². The molecule has 6 nitrogen and oxygen atoms in total. The zero-order valence-electron chi connectivity index (χ0n) is 11.7. The van der Waals surface area contributed by atoms with Crippen molar-refractivity contribution in [1.29, 1.82) is 0 Å². The highest BCUT2D eigenvalue weighted by Gasteiger charge is 2.10. The van der Waals surface area contributed by atoms with Crippen LogP contribution in [0.5, 0.6) is 5.75 Å². The van der Waals surface area contributed by atoms with E-state index in [0.717, 1.165) is 24.0 Å². The molecule has 0 heterocycles. The Kier molecular flexibility index (Phi) is 4.73. The lowest BCUT2D eigenvalue weighted by molar-refractivity contribution is -0.384. The number of nitrogens with zero attached hydrogens (tertiary/aromatic N) is 1. The Bertz CT molecular complexity index is 694. The van der Waals surface area contributed by atoms with Gasteiger partial charge in [0, 0.05) is 12.1 Å². The van der Waals surface area contributed by atoms with Crippen molar-refractivity contribution in [2.24, 2.45) is 0 Å². The number of phenols is 1. The van der Waals surface area contributed by atoms with Crippen LogP contribution in [0.15, 0.2) is 42.5 Å². The van der Waals surface area contributed by atoms with E-state index in [9.17, 15) is 20.0 Å². The molecule has 0 amide bonds. The molecule has 0 aliphatic carbocycles. The fourth-order valence-electron chi connectivity index (χ4n) is 2.19. The molecule has 6 heteroatoms. The lowest BCUT2D eigenvalue weighted by Crippen LogP contribution is -1.99. The fourth-order valence-corrected chi connectivity index (χ4v) is 2.19. The highest BCUT2D eigenvalue weighted by molar-refractivity contribution is 5.90. The number of carboxylic acids is 1. The quantitative estimate of drug-likeness (QED) is 0.630. The number of aromatic carboxylic acids is 1. The zero-order chi connectivity index (χ0) is 16.1. The molecule has 0 spiro atoms. The maximum absolute atomic E-state index is 10.9. The van der Waals surface area contributed by atoms with Gasteiger partial charge in [-0.3, -0.25) is 10.1 Å². The van der Waals surface area contributed by atoms with E-state index in [2.05, 4.69) is 0 Å². The molecule has 0 fully saturated rings. The van der Waals surface area contributed by atoms with Gasteiger partial charge < -0.3 is 10.2 Å². The molecular formula is C16H15NO5. The SMILES string of the molecule is O=C(O)c1cc(CCCc2ccc([N+](=O)[O-])cc2)ccc1O. The molecule has 0 unspecified atom stereocenters. The molecule has 0 bridgehead atoms. The van der Waals surface area contributed by atoms with Crippen molar-refractivity contribution in [3.63, 3.8) is 0 Å². The largest absolute Gasteiger partial charge is 0.507 e. The van der Waals surface area contributed by atoms with Gasteiger partial charge >= 0.3 is 5.97 Å². The predicted octanol–water partition coefficient (Wildman–Crippen LogP) is 3.17. The van der Waals surface area contributed by atoms with Gasteiger partial charge in [0.25, 0.3) is 5.69 Å². The van der Waals surface area contributed by atoms with E-state index in [-0.39, 0.29) is 17.0 Å². The molecule has 2 aromatic carbocycles. The average Bonchev–Trinajstić information content (AvgIpc) is 2.49. The molecule has 2 rings (SSSR count). The van der Waals surface area contributed by atoms with Crippen molar-refractivity contribution in [2.45, 2.75) is 19.3 Å². The number of hydrogen-bond acceptors (Lipinski definition) is 4. The summed E-state index contributed by atoms with van der Waals surface area (Å²) in [5, 5.41) is 29.0. The molecule has 0 atom stereocenters. The van der Waals surface area contributed by atoms with Crippen LogP contribution in [0.25, 0.3) is 0 Å². The Morgan fingerprint density at radius 1 is 1.05 bits per heavy atom. The molecule has 0 radical (unpaired) electrons. The van der Waals surface area contributed by atoms with Gasteiger partial charge in [-0.05, 0) is 42.5 Å². The van der Waals surface area contributed by atoms with Crippen LogP contribution in [0.2, 0.25) is 0 Å². The van der Waals surface area contributed by atoms with Gasteiger partial charge in [-0.2, -0.15) is 0 Å². The molecule has 114 valence electrons. The molecule has 2 N–H and O–H groups in total. The smallest absolute Gasteiger partial charge is 0.339 e. The molecule has 0 aromatic heterocycles. The predicted molar refractivity (Wildman–Crippen MR) is 80.2 cm³/mol. The molecule has 0 saturated heterocycles. The Hall–Kier alpha value is -2.89. The summed E-state index contributed by atoms with van der Waals surface area (Å²) in [6.07, 6.45) is 2.18. The second kappa shape index (κ2) is 6.71. The second-order valence-electron chi connectivity index (χ2n) is 4.93. The number of hydrogen-bond donors (Lipinski definition) is 2. The summed E-state index contributed by atoms with van der Waals surface area (Å²) in [5.74, 6) is -1.40. The summed E-state index contributed by atoms with van der Waals surface area (Å²) in [4.78, 5) is 21.1. The number of aryl methyl sites for hydroxylation is 2. The summed E-state index contributed by atoms with van der Waals surface area (Å²) in [5.41, 5.74) is 1.78. The third-order valence-corrected chi connectivity index (χ3v) is 3.37. The zero-order valence-corrected chi connectivity index (χ0v) is 11.7. The minimum absolute atomic E-state index is 0.0633. The summed E-state index contributed by atoms with van der Waals surface area (Å²) in [6.45, 7) is 0. The molecular weight excluding hydrogens is 286 g/mol. The number of benzene rings is 2. The number of carbonyl (C=O) groups is 1. The second-order valence-corrected chi connectivity index (χ2v) is 4.93. The van der Waals surface area contributed by atoms with E-state index < -0.39 is 10.9 Å². The average molecular weight is 301 g/mol. The van der Waals surface area contributed by atoms with E-state index in [0.29, 0.717) is 6.42 Å². The summed E-state index contributed by atoms with van der Waals surface area (Å²) < 4.78 is 0. The van der Waals surface area contributed by atoms with Gasteiger partial charge in [-0.25, -0.2) is 4.79 Å². The summed E-state index contributed by atoms with van der Waals surface area (Å²) in [7, 11) is 0. The summed E-state index contributed by atoms with van der Waals surface area (Å²) in [6, 6.07) is 10.9. The summed E-state index contributed by atoms with van der Waals surface area (Å²) >= 11 is 0. The van der Waals surface area contributed by atoms with Crippen LogP contribution in [0.1, 0.15) is 27.9 Å². The number of non-ortho nitro benzene ring substituents is 1. The van der Waals surface area contributed by atoms with Gasteiger partial charge in [0.15, 0.2) is 0 Å². The Labute approximate surface area is 126 Å². The van der Waals surface area contributed by atoms with Gasteiger partial charge in [0.1, 0.15) is 11.3 Å². The molecule has 0 aliphatic heterocycles. The first-order valence-electron chi connectivity index (χ1n) is 6.76. The molecule has 0 aliphatic rings. The highest BCUT2D eigenvalue weighted by atomic mass is 16.6. The fraction of sp³-hybridized carbons (Fsp3) is 0.188. The van der Waals surface area contributed by atoms with E-state index in [4.69, 9.17) is 5.11 Å². The standard InChI is InChI=1S/C16H15NO5/c18-15-9-6-12(10-14(15)16(19)20)3-1-2-11-4-7-13(8-5-11)17(21)22/h4-10,18H,1-3H2,(H,19,20). The maximum atomic E-state index is 10.9. The number of rotatable bonds is 6. The van der Waals surface area contributed by atoms with Gasteiger partial charge in [0.05, 0.1) is 4.92 Å². The van der Waals surface area contributed by atoms with E-state index in [1.165, 1.54) is 24.3 Å². The topological polar surface area (TPSA) is 101 Å². The van der Waals surface area contributed by atoms with Crippen molar-refractivity contribution in [2.75, 3.05) is 0 Å². The highest BCUT2D eigenvalue weighted by Crippen LogP contribution is 2.20. The van der Waals surface area contributed by atoms with Crippen LogP contribution < -0.4 is 0 Å². The van der Waals surface area contributed by atoms with Crippen LogP contribution in [-0.4, -0.2) is 21.1 Å². The minimum atomic E-state index is -1.16. The van der Waals surface area contributed by atoms with Crippen LogP contribution in [0.4, 0.5) is 5.69 Å². The Balaban J connectivity index is 1.95. The first-order valence-corrected chi connectivity index (χ1v) is 6.76. The third-order valence-electron chi connectivity index (χ3n) is 3.37. The van der Waals surface area contributed by atoms with Gasteiger partial charge in [-0.15, -0.1) is 0 Å². The first-order chi connectivity index (χ1) is 10.5. The number of carboxylic acid groups (broad SMARTS) is 1. The number of aromatic hydroxyl groups is 1. The molecule has 0 saturated carbocycles. The molecule has 2 aromatic rings. The lowest BCUT2D eigenvalue weighted by Gasteiger charge is -2.05. The van der Waals surface area contributed by atoms with Gasteiger partial charge in [0.2, 0.25) is 0 Å². The first kappa shape index (κ1) is 15.5. The third kappa shape index (κ3) is 3.82. The van der Waals surface area contributed by atoms with Crippen LogP contribution >= 0.6 is 0 Å². The number of nitro groups is 1. The Morgan fingerprint density at radius 2 is 1.64 bits per heavy atom. The lowest BCUT2D eigenvalue weighted by atomic mass is 10.0. The minimum Gasteiger partial charge on any atom is -0.507 e. The van der Waals surface area contributed by atoms with Crippen molar-refractivity contribution in [3.8, 4) is 5.75 Å². The number of nitro benzene ring substituents is 1.